The quantitative estimate of drug-likeness (QED) is 0.0972. The van der Waals surface area contributed by atoms with Crippen molar-refractivity contribution in [2.75, 3.05) is 31.7 Å². The summed E-state index contributed by atoms with van der Waals surface area (Å²) in [6.45, 7) is 8.90. The number of hydrogen-bond donors (Lipinski definition) is 3. The number of nitrogens with zero attached hydrogens (tertiary/aromatic N) is 2. The second-order valence-electron chi connectivity index (χ2n) is 9.42. The summed E-state index contributed by atoms with van der Waals surface area (Å²) in [5.74, 6) is -0.815. The highest BCUT2D eigenvalue weighted by Crippen LogP contribution is 2.39. The molecule has 2 rings (SSSR count). The molecule has 0 aromatic heterocycles. The van der Waals surface area contributed by atoms with Gasteiger partial charge < -0.3 is 18.6 Å². The number of rotatable bonds is 16. The number of nitriles is 2. The molecule has 3 N–H and O–H groups in total. The van der Waals surface area contributed by atoms with Crippen molar-refractivity contribution in [3.05, 3.63) is 26.7 Å². The van der Waals surface area contributed by atoms with Crippen LogP contribution in [0.2, 0.25) is 16.1 Å². The number of hydrazine groups is 1. The summed E-state index contributed by atoms with van der Waals surface area (Å²) < 4.78 is 17.7. The van der Waals surface area contributed by atoms with Crippen LogP contribution in [0.3, 0.4) is 0 Å². The van der Waals surface area contributed by atoms with Gasteiger partial charge in [-0.15, -0.1) is 0 Å². The highest BCUT2D eigenvalue weighted by Gasteiger charge is 2.39. The standard InChI is InChI=1S/C27H39Cl2N5O5Si/c1-5-37-40(38-6-2,39-7-3)15-11-14-32-25-21(17-31)23(28)20(16-30)22(24(25)29)26(35)18(4)33-34-27(36)19-12-9-8-10-13-19/h18-19,32-33H,5-15H2,1-4H3,(H,34,36)/t18-/m0/s1. The van der Waals surface area contributed by atoms with Crippen LogP contribution in [-0.4, -0.2) is 52.9 Å². The van der Waals surface area contributed by atoms with E-state index in [0.717, 1.165) is 32.1 Å². The van der Waals surface area contributed by atoms with Gasteiger partial charge in [0, 0.05) is 38.3 Å². The Labute approximate surface area is 248 Å². The average Bonchev–Trinajstić information content (AvgIpc) is 2.95. The fraction of sp³-hybridized carbons (Fsp3) is 0.630. The Morgan fingerprint density at radius 2 is 1.55 bits per heavy atom. The number of carbonyl (C=O) groups is 2. The molecule has 13 heteroatoms. The lowest BCUT2D eigenvalue weighted by Crippen LogP contribution is -2.49. The van der Waals surface area contributed by atoms with Gasteiger partial charge in [0.25, 0.3) is 0 Å². The van der Waals surface area contributed by atoms with E-state index in [0.29, 0.717) is 38.8 Å². The minimum absolute atomic E-state index is 0.0334. The number of amides is 1. The molecular formula is C27H39Cl2N5O5Si. The zero-order chi connectivity index (χ0) is 29.7. The molecule has 0 spiro atoms. The molecule has 1 aromatic rings. The van der Waals surface area contributed by atoms with Gasteiger partial charge in [-0.05, 0) is 47.0 Å². The first-order valence-corrected chi connectivity index (χ1v) is 16.5. The van der Waals surface area contributed by atoms with Gasteiger partial charge in [0.05, 0.1) is 38.5 Å². The molecule has 220 valence electrons. The summed E-state index contributed by atoms with van der Waals surface area (Å²) in [5, 5.41) is 22.5. The predicted molar refractivity (Wildman–Crippen MR) is 156 cm³/mol. The number of nitrogens with one attached hydrogen (secondary N) is 3. The van der Waals surface area contributed by atoms with Crippen LogP contribution in [0.25, 0.3) is 0 Å². The summed E-state index contributed by atoms with van der Waals surface area (Å²) in [6.07, 6.45) is 5.29. The maximum atomic E-state index is 13.5. The van der Waals surface area contributed by atoms with Crippen LogP contribution in [0.15, 0.2) is 0 Å². The topological polar surface area (TPSA) is 145 Å². The van der Waals surface area contributed by atoms with Gasteiger partial charge in [0.1, 0.15) is 12.1 Å². The lowest BCUT2D eigenvalue weighted by atomic mass is 9.89. The molecule has 40 heavy (non-hydrogen) atoms. The van der Waals surface area contributed by atoms with Crippen LogP contribution in [0.4, 0.5) is 5.69 Å². The normalized spacial score (nSPS) is 14.7. The van der Waals surface area contributed by atoms with Crippen molar-refractivity contribution in [1.82, 2.24) is 10.9 Å². The number of carbonyl (C=O) groups excluding carboxylic acids is 2. The van der Waals surface area contributed by atoms with E-state index in [2.05, 4.69) is 16.2 Å². The molecule has 1 saturated carbocycles. The Morgan fingerprint density at radius 1 is 0.975 bits per heavy atom. The lowest BCUT2D eigenvalue weighted by Gasteiger charge is -2.28. The highest BCUT2D eigenvalue weighted by atomic mass is 35.5. The molecule has 0 aliphatic heterocycles. The van der Waals surface area contributed by atoms with Gasteiger partial charge in [-0.1, -0.05) is 42.5 Å². The van der Waals surface area contributed by atoms with Crippen molar-refractivity contribution < 1.29 is 22.9 Å². The number of Topliss-reactive ketones (excluding diaryl/α,β-unsaturated/α-hetero) is 1. The largest absolute Gasteiger partial charge is 0.500 e. The third-order valence-electron chi connectivity index (χ3n) is 6.68. The van der Waals surface area contributed by atoms with E-state index < -0.39 is 20.6 Å². The minimum Gasteiger partial charge on any atom is -0.383 e. The van der Waals surface area contributed by atoms with E-state index in [4.69, 9.17) is 36.5 Å². The van der Waals surface area contributed by atoms with Crippen LogP contribution >= 0.6 is 23.2 Å². The second kappa shape index (κ2) is 16.9. The molecule has 1 aromatic carbocycles. The van der Waals surface area contributed by atoms with Crippen LogP contribution in [0.1, 0.15) is 87.7 Å². The van der Waals surface area contributed by atoms with Gasteiger partial charge in [-0.25, -0.2) is 5.43 Å². The number of benzene rings is 1. The molecule has 1 aliphatic carbocycles. The van der Waals surface area contributed by atoms with E-state index >= 15 is 0 Å². The first-order valence-electron chi connectivity index (χ1n) is 13.8. The van der Waals surface area contributed by atoms with E-state index in [1.54, 1.807) is 6.92 Å². The summed E-state index contributed by atoms with van der Waals surface area (Å²) in [7, 11) is -2.87. The Morgan fingerprint density at radius 3 is 2.08 bits per heavy atom. The zero-order valence-electron chi connectivity index (χ0n) is 23.6. The Kier molecular flexibility index (Phi) is 14.4. The van der Waals surface area contributed by atoms with Gasteiger partial charge in [0.15, 0.2) is 5.78 Å². The maximum absolute atomic E-state index is 13.5. The molecule has 0 heterocycles. The molecule has 0 saturated heterocycles. The maximum Gasteiger partial charge on any atom is 0.500 e. The van der Waals surface area contributed by atoms with Crippen molar-refractivity contribution >= 4 is 49.4 Å². The van der Waals surface area contributed by atoms with Crippen molar-refractivity contribution in [2.24, 2.45) is 5.92 Å². The van der Waals surface area contributed by atoms with E-state index in [9.17, 15) is 20.1 Å². The summed E-state index contributed by atoms with van der Waals surface area (Å²) >= 11 is 13.1. The molecule has 0 bridgehead atoms. The first kappa shape index (κ1) is 34.0. The molecule has 0 radical (unpaired) electrons. The van der Waals surface area contributed by atoms with E-state index in [1.165, 1.54) is 0 Å². The lowest BCUT2D eigenvalue weighted by molar-refractivity contribution is -0.127. The van der Waals surface area contributed by atoms with Crippen LogP contribution in [0.5, 0.6) is 0 Å². The fourth-order valence-electron chi connectivity index (χ4n) is 4.74. The number of halogens is 2. The van der Waals surface area contributed by atoms with Gasteiger partial charge in [-0.2, -0.15) is 10.5 Å². The molecule has 1 amide bonds. The smallest absolute Gasteiger partial charge is 0.383 e. The number of ketones is 1. The number of hydrogen-bond acceptors (Lipinski definition) is 9. The second-order valence-corrected chi connectivity index (χ2v) is 12.9. The van der Waals surface area contributed by atoms with E-state index in [1.807, 2.05) is 32.9 Å². The van der Waals surface area contributed by atoms with Crippen LogP contribution < -0.4 is 16.2 Å². The fourth-order valence-corrected chi connectivity index (χ4v) is 7.98. The monoisotopic (exact) mass is 611 g/mol. The zero-order valence-corrected chi connectivity index (χ0v) is 26.1. The van der Waals surface area contributed by atoms with Gasteiger partial charge >= 0.3 is 8.80 Å². The highest BCUT2D eigenvalue weighted by molar-refractivity contribution is 6.60. The SMILES string of the molecule is CCO[Si](CCCNc1c(Cl)c(C(=O)[C@H](C)NNC(=O)C2CCCCC2)c(C#N)c(Cl)c1C#N)(OCC)OCC. The minimum atomic E-state index is -2.87. The Balaban J connectivity index is 2.24. The van der Waals surface area contributed by atoms with Crippen LogP contribution in [0, 0.1) is 28.6 Å². The Bertz CT molecular complexity index is 1100. The first-order chi connectivity index (χ1) is 19.2. The van der Waals surface area contributed by atoms with Crippen molar-refractivity contribution in [3.63, 3.8) is 0 Å². The third kappa shape index (κ3) is 8.64. The molecule has 1 atom stereocenters. The summed E-state index contributed by atoms with van der Waals surface area (Å²) in [6, 6.07) is 3.51. The molecule has 1 fully saturated rings. The summed E-state index contributed by atoms with van der Waals surface area (Å²) in [4.78, 5) is 26.0. The molecule has 1 aliphatic rings. The Hall–Kier alpha value is -2.22. The molecular weight excluding hydrogens is 573 g/mol. The van der Waals surface area contributed by atoms with Crippen molar-refractivity contribution in [1.29, 1.82) is 10.5 Å². The van der Waals surface area contributed by atoms with Gasteiger partial charge in [-0.3, -0.25) is 15.0 Å². The third-order valence-corrected chi connectivity index (χ3v) is 10.6. The van der Waals surface area contributed by atoms with Crippen molar-refractivity contribution in [2.45, 2.75) is 78.3 Å². The molecule has 0 unspecified atom stereocenters. The van der Waals surface area contributed by atoms with Gasteiger partial charge in [0.2, 0.25) is 5.91 Å². The van der Waals surface area contributed by atoms with Crippen LogP contribution in [-0.2, 0) is 18.1 Å². The summed E-state index contributed by atoms with van der Waals surface area (Å²) in [5.41, 5.74) is 5.19. The van der Waals surface area contributed by atoms with Crippen molar-refractivity contribution in [3.8, 4) is 12.1 Å². The number of anilines is 1. The molecule has 10 nitrogen and oxygen atoms in total. The average molecular weight is 613 g/mol. The predicted octanol–water partition coefficient (Wildman–Crippen LogP) is 5.36. The van der Waals surface area contributed by atoms with E-state index in [-0.39, 0.29) is 44.2 Å².